The Hall–Kier alpha value is -1.06. The van der Waals surface area contributed by atoms with Crippen LogP contribution in [0, 0.1) is 0 Å². The van der Waals surface area contributed by atoms with Crippen LogP contribution in [0.3, 0.4) is 0 Å². The van der Waals surface area contributed by atoms with Crippen LogP contribution >= 0.6 is 47.2 Å². The van der Waals surface area contributed by atoms with Gasteiger partial charge in [0, 0.05) is 16.6 Å². The first-order chi connectivity index (χ1) is 10.5. The van der Waals surface area contributed by atoms with Gasteiger partial charge < -0.3 is 15.6 Å². The monoisotopic (exact) mass is 468 g/mol. The molecule has 0 bridgehead atoms. The number of hydrogen-bond donors (Lipinski definition) is 2. The number of nitrogens with one attached hydrogen (secondary N) is 1. The summed E-state index contributed by atoms with van der Waals surface area (Å²) in [7, 11) is 0. The van der Waals surface area contributed by atoms with Crippen molar-refractivity contribution in [2.45, 2.75) is 33.0 Å². The van der Waals surface area contributed by atoms with Crippen molar-refractivity contribution < 1.29 is 0 Å². The molecule has 3 N–H and O–H groups in total. The number of hydrogen-bond acceptors (Lipinski definition) is 3. The van der Waals surface area contributed by atoms with Crippen molar-refractivity contribution in [3.63, 3.8) is 0 Å². The van der Waals surface area contributed by atoms with Crippen LogP contribution in [0.25, 0.3) is 0 Å². The van der Waals surface area contributed by atoms with Gasteiger partial charge in [0.05, 0.1) is 6.04 Å². The van der Waals surface area contributed by atoms with Gasteiger partial charge in [0.15, 0.2) is 11.8 Å². The van der Waals surface area contributed by atoms with Crippen LogP contribution in [0.1, 0.15) is 31.3 Å². The molecule has 1 heterocycles. The lowest BCUT2D eigenvalue weighted by Gasteiger charge is -2.16. The molecule has 1 atom stereocenters. The molecule has 0 fully saturated rings. The Morgan fingerprint density at radius 2 is 2.17 bits per heavy atom. The Morgan fingerprint density at radius 3 is 2.83 bits per heavy atom. The van der Waals surface area contributed by atoms with Gasteiger partial charge in [-0.3, -0.25) is 0 Å². The van der Waals surface area contributed by atoms with E-state index in [2.05, 4.69) is 20.5 Å². The summed E-state index contributed by atoms with van der Waals surface area (Å²) in [4.78, 5) is 4.28. The van der Waals surface area contributed by atoms with Crippen molar-refractivity contribution in [2.75, 3.05) is 0 Å². The predicted molar refractivity (Wildman–Crippen MR) is 104 cm³/mol. The lowest BCUT2D eigenvalue weighted by atomic mass is 10.1. The van der Waals surface area contributed by atoms with Crippen LogP contribution in [0.15, 0.2) is 29.5 Å². The van der Waals surface area contributed by atoms with Crippen molar-refractivity contribution >= 4 is 53.1 Å². The Kier molecular flexibility index (Phi) is 8.07. The van der Waals surface area contributed by atoms with Crippen LogP contribution in [-0.2, 0) is 13.1 Å². The molecule has 1 aromatic carbocycles. The lowest BCUT2D eigenvalue weighted by molar-refractivity contribution is 0.685. The van der Waals surface area contributed by atoms with Crippen LogP contribution in [0.2, 0.25) is 10.0 Å². The zero-order valence-corrected chi connectivity index (χ0v) is 16.7. The molecule has 0 saturated heterocycles. The van der Waals surface area contributed by atoms with Gasteiger partial charge in [-0.1, -0.05) is 29.3 Å². The Labute approximate surface area is 162 Å². The smallest absolute Gasteiger partial charge is 0.189 e. The summed E-state index contributed by atoms with van der Waals surface area (Å²) in [5, 5.41) is 12.1. The van der Waals surface area contributed by atoms with E-state index in [1.165, 1.54) is 0 Å². The maximum Gasteiger partial charge on any atom is 0.189 e. The summed E-state index contributed by atoms with van der Waals surface area (Å²) in [5.74, 6) is 1.09. The van der Waals surface area contributed by atoms with Crippen molar-refractivity contribution in [3.05, 3.63) is 46.0 Å². The molecule has 0 saturated carbocycles. The van der Waals surface area contributed by atoms with Crippen LogP contribution in [-0.4, -0.2) is 20.7 Å². The third kappa shape index (κ3) is 5.50. The molecule has 0 radical (unpaired) electrons. The zero-order valence-electron chi connectivity index (χ0n) is 12.8. The molecule has 126 valence electrons. The first-order valence-corrected chi connectivity index (χ1v) is 7.65. The maximum atomic E-state index is 6.18. The lowest BCUT2D eigenvalue weighted by Crippen LogP contribution is -2.34. The second-order valence-corrected chi connectivity index (χ2v) is 5.61. The molecular weight excluding hydrogens is 450 g/mol. The summed E-state index contributed by atoms with van der Waals surface area (Å²) in [6, 6.07) is 5.27. The second-order valence-electron chi connectivity index (χ2n) is 4.77. The molecule has 2 rings (SSSR count). The number of aliphatic imine (C=N–C) groups is 1. The SMILES string of the molecule is CCn1cnnc1CN=C(N)NC(C)c1ccc(Cl)cc1Cl.I. The first-order valence-electron chi connectivity index (χ1n) is 6.89. The molecule has 0 aliphatic carbocycles. The van der Waals surface area contributed by atoms with E-state index in [0.717, 1.165) is 17.9 Å². The van der Waals surface area contributed by atoms with Gasteiger partial charge in [-0.15, -0.1) is 34.2 Å². The molecule has 23 heavy (non-hydrogen) atoms. The van der Waals surface area contributed by atoms with Crippen LogP contribution in [0.4, 0.5) is 0 Å². The quantitative estimate of drug-likeness (QED) is 0.400. The Bertz CT molecular complexity index is 673. The highest BCUT2D eigenvalue weighted by atomic mass is 127. The van der Waals surface area contributed by atoms with E-state index < -0.39 is 0 Å². The predicted octanol–water partition coefficient (Wildman–Crippen LogP) is 3.39. The molecule has 0 aliphatic heterocycles. The number of benzene rings is 1. The summed E-state index contributed by atoms with van der Waals surface area (Å²) >= 11 is 12.1. The minimum absolute atomic E-state index is 0. The highest BCUT2D eigenvalue weighted by molar-refractivity contribution is 14.0. The summed E-state index contributed by atoms with van der Waals surface area (Å²) in [5.41, 5.74) is 6.82. The molecular formula is C14H19Cl2IN6. The van der Waals surface area contributed by atoms with E-state index in [0.29, 0.717) is 22.5 Å². The minimum Gasteiger partial charge on any atom is -0.370 e. The Morgan fingerprint density at radius 1 is 1.43 bits per heavy atom. The van der Waals surface area contributed by atoms with Crippen molar-refractivity contribution in [3.8, 4) is 0 Å². The highest BCUT2D eigenvalue weighted by Crippen LogP contribution is 2.25. The topological polar surface area (TPSA) is 81.1 Å². The number of aryl methyl sites for hydroxylation is 1. The molecule has 9 heteroatoms. The summed E-state index contributed by atoms with van der Waals surface area (Å²) < 4.78 is 1.91. The van der Waals surface area contributed by atoms with Gasteiger partial charge >= 0.3 is 0 Å². The van der Waals surface area contributed by atoms with E-state index in [-0.39, 0.29) is 30.0 Å². The van der Waals surface area contributed by atoms with Gasteiger partial charge in [-0.2, -0.15) is 0 Å². The van der Waals surface area contributed by atoms with Gasteiger partial charge in [-0.25, -0.2) is 4.99 Å². The van der Waals surface area contributed by atoms with E-state index in [1.807, 2.05) is 24.5 Å². The van der Waals surface area contributed by atoms with Gasteiger partial charge in [0.1, 0.15) is 12.9 Å². The van der Waals surface area contributed by atoms with E-state index in [4.69, 9.17) is 28.9 Å². The molecule has 1 unspecified atom stereocenters. The van der Waals surface area contributed by atoms with Crippen molar-refractivity contribution in [1.82, 2.24) is 20.1 Å². The average Bonchev–Trinajstić information content (AvgIpc) is 2.92. The third-order valence-electron chi connectivity index (χ3n) is 3.22. The molecule has 6 nitrogen and oxygen atoms in total. The number of aromatic nitrogens is 3. The van der Waals surface area contributed by atoms with Crippen LogP contribution < -0.4 is 11.1 Å². The Balaban J connectivity index is 0.00000264. The average molecular weight is 469 g/mol. The van der Waals surface area contributed by atoms with Gasteiger partial charge in [0.25, 0.3) is 0 Å². The fourth-order valence-electron chi connectivity index (χ4n) is 2.02. The third-order valence-corrected chi connectivity index (χ3v) is 3.78. The fourth-order valence-corrected chi connectivity index (χ4v) is 2.59. The van der Waals surface area contributed by atoms with E-state index >= 15 is 0 Å². The fraction of sp³-hybridized carbons (Fsp3) is 0.357. The number of rotatable bonds is 5. The zero-order chi connectivity index (χ0) is 16.1. The number of halogens is 3. The highest BCUT2D eigenvalue weighted by Gasteiger charge is 2.11. The minimum atomic E-state index is -0.0856. The van der Waals surface area contributed by atoms with E-state index in [1.54, 1.807) is 18.5 Å². The number of guanidine groups is 1. The molecule has 0 aliphatic rings. The summed E-state index contributed by atoms with van der Waals surface area (Å²) in [6.07, 6.45) is 1.67. The maximum absolute atomic E-state index is 6.18. The second kappa shape index (κ2) is 9.29. The summed E-state index contributed by atoms with van der Waals surface area (Å²) in [6.45, 7) is 5.13. The van der Waals surface area contributed by atoms with Gasteiger partial charge in [-0.05, 0) is 31.5 Å². The molecule has 1 aromatic heterocycles. The van der Waals surface area contributed by atoms with E-state index in [9.17, 15) is 0 Å². The number of nitrogens with two attached hydrogens (primary N) is 1. The normalized spacial score (nSPS) is 12.6. The largest absolute Gasteiger partial charge is 0.370 e. The molecule has 2 aromatic rings. The first kappa shape index (κ1) is 20.0. The van der Waals surface area contributed by atoms with Crippen molar-refractivity contribution in [2.24, 2.45) is 10.7 Å². The molecule has 0 amide bonds. The molecule has 0 spiro atoms. The van der Waals surface area contributed by atoms with Gasteiger partial charge in [0.2, 0.25) is 0 Å². The standard InChI is InChI=1S/C14H18Cl2N6.HI/c1-3-22-8-19-21-13(22)7-18-14(17)20-9(2)11-5-4-10(15)6-12(11)16;/h4-6,8-9H,3,7H2,1-2H3,(H3,17,18,20);1H. The van der Waals surface area contributed by atoms with Crippen molar-refractivity contribution in [1.29, 1.82) is 0 Å². The van der Waals surface area contributed by atoms with Crippen LogP contribution in [0.5, 0.6) is 0 Å². The number of nitrogens with zero attached hydrogens (tertiary/aromatic N) is 4.